The van der Waals surface area contributed by atoms with Crippen LogP contribution in [0.2, 0.25) is 0 Å². The third-order valence-corrected chi connectivity index (χ3v) is 2.17. The molecule has 0 aliphatic heterocycles. The molecule has 0 radical (unpaired) electrons. The van der Waals surface area contributed by atoms with Gasteiger partial charge in [-0.15, -0.1) is 0 Å². The summed E-state index contributed by atoms with van der Waals surface area (Å²) >= 11 is 0. The third-order valence-electron chi connectivity index (χ3n) is 2.17. The number of nitrogens with zero attached hydrogens (tertiary/aromatic N) is 2. The van der Waals surface area contributed by atoms with E-state index >= 15 is 0 Å². The Morgan fingerprint density at radius 3 is 2.47 bits per heavy atom. The molecule has 1 unspecified atom stereocenters. The summed E-state index contributed by atoms with van der Waals surface area (Å²) in [4.78, 5) is 12.0. The molecule has 0 heterocycles. The van der Waals surface area contributed by atoms with E-state index in [9.17, 15) is 15.2 Å². The highest BCUT2D eigenvalue weighted by Crippen LogP contribution is 2.28. The summed E-state index contributed by atoms with van der Waals surface area (Å²) < 4.78 is 0. The number of benzene rings is 1. The van der Waals surface area contributed by atoms with Crippen molar-refractivity contribution in [3.63, 3.8) is 0 Å². The Kier molecular flexibility index (Phi) is 3.26. The van der Waals surface area contributed by atoms with Crippen LogP contribution in [-0.4, -0.2) is 24.1 Å². The van der Waals surface area contributed by atoms with Crippen molar-refractivity contribution in [3.8, 4) is 0 Å². The first-order valence-corrected chi connectivity index (χ1v) is 4.57. The van der Waals surface area contributed by atoms with Gasteiger partial charge >= 0.3 is 0 Å². The Hall–Kier alpha value is -1.62. The average Bonchev–Trinajstić information content (AvgIpc) is 2.16. The molecule has 0 saturated heterocycles. The second-order valence-electron chi connectivity index (χ2n) is 3.57. The number of hydrogen-bond acceptors (Lipinski definition) is 4. The van der Waals surface area contributed by atoms with E-state index < -0.39 is 11.0 Å². The van der Waals surface area contributed by atoms with E-state index in [1.165, 1.54) is 13.0 Å². The Morgan fingerprint density at radius 1 is 1.47 bits per heavy atom. The highest BCUT2D eigenvalue weighted by molar-refractivity contribution is 5.55. The summed E-state index contributed by atoms with van der Waals surface area (Å²) in [5.41, 5.74) is 1.12. The van der Waals surface area contributed by atoms with Gasteiger partial charge in [-0.3, -0.25) is 10.1 Å². The Balaban J connectivity index is 3.27. The predicted molar refractivity (Wildman–Crippen MR) is 58.1 cm³/mol. The van der Waals surface area contributed by atoms with Gasteiger partial charge in [0.25, 0.3) is 5.69 Å². The Labute approximate surface area is 88.1 Å². The first kappa shape index (κ1) is 11.5. The van der Waals surface area contributed by atoms with Crippen LogP contribution in [0, 0.1) is 10.1 Å². The molecule has 0 fully saturated rings. The van der Waals surface area contributed by atoms with Gasteiger partial charge in [0.05, 0.1) is 16.6 Å². The summed E-state index contributed by atoms with van der Waals surface area (Å²) in [5, 5.41) is 20.1. The number of aliphatic hydroxyl groups is 1. The quantitative estimate of drug-likeness (QED) is 0.609. The lowest BCUT2D eigenvalue weighted by Crippen LogP contribution is -2.10. The molecule has 15 heavy (non-hydrogen) atoms. The molecule has 0 spiro atoms. The molecule has 0 aromatic heterocycles. The van der Waals surface area contributed by atoms with Crippen LogP contribution in [0.25, 0.3) is 0 Å². The van der Waals surface area contributed by atoms with Crippen molar-refractivity contribution in [1.82, 2.24) is 0 Å². The van der Waals surface area contributed by atoms with Crippen molar-refractivity contribution in [1.29, 1.82) is 0 Å². The number of hydrogen-bond donors (Lipinski definition) is 1. The van der Waals surface area contributed by atoms with Crippen molar-refractivity contribution in [2.75, 3.05) is 19.0 Å². The van der Waals surface area contributed by atoms with Crippen LogP contribution in [0.4, 0.5) is 11.4 Å². The van der Waals surface area contributed by atoms with E-state index in [0.29, 0.717) is 5.56 Å². The van der Waals surface area contributed by atoms with Crippen molar-refractivity contribution >= 4 is 11.4 Å². The molecular formula is C10H14N2O3. The second-order valence-corrected chi connectivity index (χ2v) is 3.57. The molecule has 5 nitrogen and oxygen atoms in total. The van der Waals surface area contributed by atoms with Crippen molar-refractivity contribution in [2.45, 2.75) is 13.0 Å². The number of rotatable bonds is 3. The molecule has 1 rings (SSSR count). The highest BCUT2D eigenvalue weighted by atomic mass is 16.6. The molecule has 1 N–H and O–H groups in total. The molecule has 1 atom stereocenters. The lowest BCUT2D eigenvalue weighted by Gasteiger charge is -2.14. The minimum atomic E-state index is -0.842. The van der Waals surface area contributed by atoms with Gasteiger partial charge in [0.1, 0.15) is 0 Å². The molecule has 82 valence electrons. The fourth-order valence-corrected chi connectivity index (χ4v) is 1.32. The van der Waals surface area contributed by atoms with E-state index in [0.717, 1.165) is 5.69 Å². The number of anilines is 1. The molecular weight excluding hydrogens is 196 g/mol. The fourth-order valence-electron chi connectivity index (χ4n) is 1.32. The highest BCUT2D eigenvalue weighted by Gasteiger charge is 2.18. The lowest BCUT2D eigenvalue weighted by atomic mass is 10.1. The smallest absolute Gasteiger partial charge is 0.275 e. The molecule has 1 aromatic rings. The van der Waals surface area contributed by atoms with E-state index in [2.05, 4.69) is 0 Å². The van der Waals surface area contributed by atoms with Crippen LogP contribution >= 0.6 is 0 Å². The summed E-state index contributed by atoms with van der Waals surface area (Å²) in [5.74, 6) is 0. The van der Waals surface area contributed by atoms with E-state index in [4.69, 9.17) is 0 Å². The Bertz CT molecular complexity index is 375. The van der Waals surface area contributed by atoms with Gasteiger partial charge in [0, 0.05) is 25.8 Å². The normalized spacial score (nSPS) is 12.3. The molecule has 0 saturated carbocycles. The second kappa shape index (κ2) is 4.27. The fraction of sp³-hybridized carbons (Fsp3) is 0.400. The first-order valence-electron chi connectivity index (χ1n) is 4.57. The summed E-state index contributed by atoms with van der Waals surface area (Å²) in [7, 11) is 3.68. The lowest BCUT2D eigenvalue weighted by molar-refractivity contribution is -0.386. The van der Waals surface area contributed by atoms with Crippen LogP contribution < -0.4 is 4.90 Å². The van der Waals surface area contributed by atoms with Crippen molar-refractivity contribution < 1.29 is 10.0 Å². The zero-order valence-corrected chi connectivity index (χ0v) is 8.97. The van der Waals surface area contributed by atoms with Crippen LogP contribution in [0.15, 0.2) is 18.2 Å². The van der Waals surface area contributed by atoms with E-state index in [1.54, 1.807) is 12.1 Å². The minimum absolute atomic E-state index is 0.0457. The standard InChI is InChI=1S/C10H14N2O3/c1-7(13)9-6-8(11(2)3)4-5-10(9)12(14)15/h4-7,13H,1-3H3. The van der Waals surface area contributed by atoms with E-state index in [-0.39, 0.29) is 5.69 Å². The summed E-state index contributed by atoms with van der Waals surface area (Å²) in [6.07, 6.45) is -0.842. The number of nitro groups is 1. The molecule has 5 heteroatoms. The minimum Gasteiger partial charge on any atom is -0.388 e. The predicted octanol–water partition coefficient (Wildman–Crippen LogP) is 1.71. The van der Waals surface area contributed by atoms with Crippen LogP contribution in [-0.2, 0) is 0 Å². The van der Waals surface area contributed by atoms with Gasteiger partial charge in [-0.1, -0.05) is 0 Å². The first-order chi connectivity index (χ1) is 6.93. The van der Waals surface area contributed by atoms with Gasteiger partial charge in [-0.05, 0) is 19.1 Å². The monoisotopic (exact) mass is 210 g/mol. The maximum Gasteiger partial charge on any atom is 0.275 e. The molecule has 0 aliphatic carbocycles. The largest absolute Gasteiger partial charge is 0.388 e. The van der Waals surface area contributed by atoms with Crippen LogP contribution in [0.1, 0.15) is 18.6 Å². The zero-order chi connectivity index (χ0) is 11.6. The van der Waals surface area contributed by atoms with E-state index in [1.807, 2.05) is 19.0 Å². The van der Waals surface area contributed by atoms with Gasteiger partial charge in [0.2, 0.25) is 0 Å². The molecule has 0 bridgehead atoms. The van der Waals surface area contributed by atoms with Gasteiger partial charge in [-0.25, -0.2) is 0 Å². The third kappa shape index (κ3) is 2.44. The van der Waals surface area contributed by atoms with Crippen molar-refractivity contribution in [2.24, 2.45) is 0 Å². The van der Waals surface area contributed by atoms with Gasteiger partial charge in [0.15, 0.2) is 0 Å². The number of aliphatic hydroxyl groups excluding tert-OH is 1. The van der Waals surface area contributed by atoms with Gasteiger partial charge < -0.3 is 10.0 Å². The molecule has 1 aromatic carbocycles. The number of nitro benzene ring substituents is 1. The summed E-state index contributed by atoms with van der Waals surface area (Å²) in [6.45, 7) is 1.52. The zero-order valence-electron chi connectivity index (χ0n) is 8.97. The van der Waals surface area contributed by atoms with Crippen LogP contribution in [0.5, 0.6) is 0 Å². The maximum absolute atomic E-state index is 10.7. The topological polar surface area (TPSA) is 66.6 Å². The molecule has 0 aliphatic rings. The summed E-state index contributed by atoms with van der Waals surface area (Å²) in [6, 6.07) is 4.70. The SMILES string of the molecule is CC(O)c1cc(N(C)C)ccc1[N+](=O)[O-]. The van der Waals surface area contributed by atoms with Crippen LogP contribution in [0.3, 0.4) is 0 Å². The average molecular weight is 210 g/mol. The maximum atomic E-state index is 10.7. The van der Waals surface area contributed by atoms with Crippen molar-refractivity contribution in [3.05, 3.63) is 33.9 Å². The Morgan fingerprint density at radius 2 is 2.07 bits per heavy atom. The molecule has 0 amide bonds. The van der Waals surface area contributed by atoms with Gasteiger partial charge in [-0.2, -0.15) is 0 Å².